The number of hydrogen-bond donors (Lipinski definition) is 1. The highest BCUT2D eigenvalue weighted by molar-refractivity contribution is 8.02. The Labute approximate surface area is 129 Å². The first kappa shape index (κ1) is 16.6. The van der Waals surface area contributed by atoms with E-state index in [-0.39, 0.29) is 11.4 Å². The molecule has 3 nitrogen and oxygen atoms in total. The second kappa shape index (κ2) is 6.83. The Bertz CT molecular complexity index is 582. The van der Waals surface area contributed by atoms with Crippen LogP contribution in [0.5, 0.6) is 0 Å². The number of nitrogens with one attached hydrogen (secondary N) is 1. The van der Waals surface area contributed by atoms with Crippen LogP contribution >= 0.6 is 23.4 Å². The molecule has 0 aliphatic heterocycles. The van der Waals surface area contributed by atoms with Crippen molar-refractivity contribution in [2.24, 2.45) is 5.41 Å². The molecule has 0 saturated carbocycles. The number of nitriles is 1. The summed E-state index contributed by atoms with van der Waals surface area (Å²) in [6.45, 7) is 5.38. The summed E-state index contributed by atoms with van der Waals surface area (Å²) in [5, 5.41) is 13.4. The summed E-state index contributed by atoms with van der Waals surface area (Å²) >= 11 is 7.40. The smallest absolute Gasteiger partial charge is 0.181 e. The molecule has 1 rings (SSSR count). The van der Waals surface area contributed by atoms with Gasteiger partial charge in [-0.25, -0.2) is 0 Å². The number of Topliss-reactive ketones (excluding diaryl/α,β-unsaturated/α-hetero) is 1. The van der Waals surface area contributed by atoms with Crippen molar-refractivity contribution < 1.29 is 4.79 Å². The molecule has 0 amide bonds. The molecule has 1 aromatic rings. The molecule has 0 bridgehead atoms. The minimum Gasteiger partial charge on any atom is -0.348 e. The van der Waals surface area contributed by atoms with Crippen LogP contribution < -0.4 is 5.32 Å². The first-order chi connectivity index (χ1) is 9.31. The second-order valence-electron chi connectivity index (χ2n) is 5.20. The zero-order valence-electron chi connectivity index (χ0n) is 12.0. The lowest BCUT2D eigenvalue weighted by atomic mass is 9.87. The van der Waals surface area contributed by atoms with Crippen LogP contribution in [0.1, 0.15) is 20.8 Å². The average Bonchev–Trinajstić information content (AvgIpc) is 2.39. The van der Waals surface area contributed by atoms with Gasteiger partial charge in [-0.15, -0.1) is 11.8 Å². The molecule has 1 aromatic carbocycles. The molecule has 20 heavy (non-hydrogen) atoms. The maximum Gasteiger partial charge on any atom is 0.181 e. The van der Waals surface area contributed by atoms with Gasteiger partial charge < -0.3 is 5.32 Å². The highest BCUT2D eigenvalue weighted by atomic mass is 35.5. The fourth-order valence-electron chi connectivity index (χ4n) is 1.48. The molecule has 0 aromatic heterocycles. The highest BCUT2D eigenvalue weighted by Crippen LogP contribution is 2.29. The van der Waals surface area contributed by atoms with Crippen molar-refractivity contribution in [2.45, 2.75) is 20.8 Å². The fraction of sp³-hybridized carbons (Fsp3) is 0.333. The molecular formula is C15H17ClN2OS. The molecule has 5 heteroatoms. The van der Waals surface area contributed by atoms with E-state index in [4.69, 9.17) is 11.6 Å². The van der Waals surface area contributed by atoms with Gasteiger partial charge in [0.15, 0.2) is 5.78 Å². The Kier molecular flexibility index (Phi) is 5.67. The lowest BCUT2D eigenvalue weighted by Gasteiger charge is -2.18. The SMILES string of the molecule is CSC(Nc1ccccc1Cl)=C(C#N)C(=O)C(C)(C)C. The number of allylic oxidation sites excluding steroid dienone is 1. The number of thioether (sulfide) groups is 1. The number of nitrogens with zero attached hydrogens (tertiary/aromatic N) is 1. The molecule has 0 fully saturated rings. The summed E-state index contributed by atoms with van der Waals surface area (Å²) in [5.74, 6) is -0.191. The molecule has 0 radical (unpaired) electrons. The number of hydrogen-bond acceptors (Lipinski definition) is 4. The summed E-state index contributed by atoms with van der Waals surface area (Å²) in [6.07, 6.45) is 1.81. The fourth-order valence-corrected chi connectivity index (χ4v) is 2.22. The van der Waals surface area contributed by atoms with Gasteiger partial charge in [-0.1, -0.05) is 44.5 Å². The zero-order chi connectivity index (χ0) is 15.3. The molecule has 0 saturated heterocycles. The summed E-state index contributed by atoms with van der Waals surface area (Å²) in [5.41, 5.74) is 0.201. The number of halogens is 1. The van der Waals surface area contributed by atoms with Gasteiger partial charge in [-0.3, -0.25) is 4.79 Å². The Balaban J connectivity index is 3.22. The van der Waals surface area contributed by atoms with Crippen LogP contribution in [-0.2, 0) is 4.79 Å². The normalized spacial score (nSPS) is 12.4. The van der Waals surface area contributed by atoms with Gasteiger partial charge in [0, 0.05) is 5.41 Å². The van der Waals surface area contributed by atoms with Gasteiger partial charge in [0.1, 0.15) is 11.6 Å². The average molecular weight is 309 g/mol. The van der Waals surface area contributed by atoms with Gasteiger partial charge in [0.2, 0.25) is 0 Å². The molecule has 0 spiro atoms. The van der Waals surface area contributed by atoms with Crippen LogP contribution in [0.2, 0.25) is 5.02 Å². The van der Waals surface area contributed by atoms with Crippen molar-refractivity contribution in [3.05, 3.63) is 39.9 Å². The van der Waals surface area contributed by atoms with E-state index < -0.39 is 5.41 Å². The van der Waals surface area contributed by atoms with Gasteiger partial charge in [0.05, 0.1) is 15.7 Å². The van der Waals surface area contributed by atoms with Gasteiger partial charge in [-0.2, -0.15) is 5.26 Å². The van der Waals surface area contributed by atoms with E-state index in [9.17, 15) is 10.1 Å². The van der Waals surface area contributed by atoms with E-state index in [2.05, 4.69) is 5.32 Å². The standard InChI is InChI=1S/C15H17ClN2OS/c1-15(2,3)13(19)10(9-17)14(20-4)18-12-8-6-5-7-11(12)16/h5-8,18H,1-4H3. The van der Waals surface area contributed by atoms with Crippen molar-refractivity contribution in [2.75, 3.05) is 11.6 Å². The third kappa shape index (κ3) is 4.03. The number of carbonyl (C=O) groups excluding carboxylic acids is 1. The van der Waals surface area contributed by atoms with E-state index in [1.807, 2.05) is 24.5 Å². The Morgan fingerprint density at radius 1 is 1.35 bits per heavy atom. The van der Waals surface area contributed by atoms with Crippen LogP contribution in [0, 0.1) is 16.7 Å². The van der Waals surface area contributed by atoms with Crippen LogP contribution in [0.3, 0.4) is 0 Å². The van der Waals surface area contributed by atoms with Crippen LogP contribution in [0.15, 0.2) is 34.9 Å². The van der Waals surface area contributed by atoms with Gasteiger partial charge >= 0.3 is 0 Å². The summed E-state index contributed by atoms with van der Waals surface area (Å²) in [7, 11) is 0. The quantitative estimate of drug-likeness (QED) is 0.659. The molecule has 0 unspecified atom stereocenters. The predicted octanol–water partition coefficient (Wildman–Crippen LogP) is 4.47. The number of anilines is 1. The third-order valence-electron chi connectivity index (χ3n) is 2.57. The lowest BCUT2D eigenvalue weighted by Crippen LogP contribution is -2.23. The molecule has 0 atom stereocenters. The first-order valence-electron chi connectivity index (χ1n) is 6.06. The monoisotopic (exact) mass is 308 g/mol. The van der Waals surface area contributed by atoms with Gasteiger partial charge in [-0.05, 0) is 18.4 Å². The third-order valence-corrected chi connectivity index (χ3v) is 3.62. The number of para-hydroxylation sites is 1. The summed E-state index contributed by atoms with van der Waals surface area (Å²) in [4.78, 5) is 12.3. The largest absolute Gasteiger partial charge is 0.348 e. The van der Waals surface area contributed by atoms with E-state index >= 15 is 0 Å². The van der Waals surface area contributed by atoms with Crippen LogP contribution in [0.25, 0.3) is 0 Å². The minimum absolute atomic E-state index is 0.130. The Morgan fingerprint density at radius 3 is 2.40 bits per heavy atom. The zero-order valence-corrected chi connectivity index (χ0v) is 13.5. The number of rotatable bonds is 4. The van der Waals surface area contributed by atoms with Crippen LogP contribution in [-0.4, -0.2) is 12.0 Å². The Morgan fingerprint density at radius 2 is 1.95 bits per heavy atom. The highest BCUT2D eigenvalue weighted by Gasteiger charge is 2.27. The Hall–Kier alpha value is -1.44. The molecule has 1 N–H and O–H groups in total. The van der Waals surface area contributed by atoms with Crippen molar-refractivity contribution in [3.8, 4) is 6.07 Å². The number of carbonyl (C=O) groups is 1. The summed E-state index contributed by atoms with van der Waals surface area (Å²) < 4.78 is 0. The predicted molar refractivity (Wildman–Crippen MR) is 85.7 cm³/mol. The van der Waals surface area contributed by atoms with Crippen molar-refractivity contribution in [1.82, 2.24) is 0 Å². The maximum absolute atomic E-state index is 12.3. The van der Waals surface area contributed by atoms with E-state index in [0.29, 0.717) is 15.7 Å². The van der Waals surface area contributed by atoms with Crippen molar-refractivity contribution in [3.63, 3.8) is 0 Å². The molecule has 0 heterocycles. The van der Waals surface area contributed by atoms with Crippen LogP contribution in [0.4, 0.5) is 5.69 Å². The van der Waals surface area contributed by atoms with Crippen molar-refractivity contribution >= 4 is 34.8 Å². The molecule has 0 aliphatic carbocycles. The molecular weight excluding hydrogens is 292 g/mol. The number of benzene rings is 1. The topological polar surface area (TPSA) is 52.9 Å². The van der Waals surface area contributed by atoms with E-state index in [0.717, 1.165) is 0 Å². The minimum atomic E-state index is -0.603. The second-order valence-corrected chi connectivity index (χ2v) is 6.43. The van der Waals surface area contributed by atoms with Crippen molar-refractivity contribution in [1.29, 1.82) is 5.26 Å². The summed E-state index contributed by atoms with van der Waals surface area (Å²) in [6, 6.07) is 9.21. The molecule has 0 aliphatic rings. The first-order valence-corrected chi connectivity index (χ1v) is 7.66. The molecule has 106 valence electrons. The number of ketones is 1. The maximum atomic E-state index is 12.3. The van der Waals surface area contributed by atoms with E-state index in [1.54, 1.807) is 32.9 Å². The lowest BCUT2D eigenvalue weighted by molar-refractivity contribution is -0.122. The van der Waals surface area contributed by atoms with E-state index in [1.165, 1.54) is 11.8 Å². The van der Waals surface area contributed by atoms with Gasteiger partial charge in [0.25, 0.3) is 0 Å².